The summed E-state index contributed by atoms with van der Waals surface area (Å²) < 4.78 is 27.5. The van der Waals surface area contributed by atoms with Gasteiger partial charge in [0.05, 0.1) is 0 Å². The van der Waals surface area contributed by atoms with E-state index in [0.717, 1.165) is 25.0 Å². The fraction of sp³-hybridized carbons (Fsp3) is 0.500. The number of aromatic hydroxyl groups is 1. The maximum absolute atomic E-state index is 13.7. The van der Waals surface area contributed by atoms with Crippen molar-refractivity contribution < 1.29 is 13.9 Å². The number of halogens is 2. The average molecular weight is 227 g/mol. The van der Waals surface area contributed by atoms with Crippen molar-refractivity contribution in [3.8, 4) is 5.75 Å². The summed E-state index contributed by atoms with van der Waals surface area (Å²) in [5.41, 5.74) is 5.15. The molecule has 0 radical (unpaired) electrons. The number of hydrogen-bond acceptors (Lipinski definition) is 2. The largest absolute Gasteiger partial charge is 0.508 e. The SMILES string of the molecule is NCC1(c2c(F)cc(O)cc2F)CCCC1. The molecular weight excluding hydrogens is 212 g/mol. The second kappa shape index (κ2) is 4.01. The highest BCUT2D eigenvalue weighted by Crippen LogP contribution is 2.43. The Kier molecular flexibility index (Phi) is 2.84. The van der Waals surface area contributed by atoms with Crippen LogP contribution in [0.5, 0.6) is 5.75 Å². The molecule has 0 aliphatic heterocycles. The fourth-order valence-electron chi connectivity index (χ4n) is 2.67. The van der Waals surface area contributed by atoms with Crippen LogP contribution in [0.1, 0.15) is 31.2 Å². The van der Waals surface area contributed by atoms with Gasteiger partial charge in [0, 0.05) is 29.7 Å². The van der Waals surface area contributed by atoms with Gasteiger partial charge in [-0.05, 0) is 12.8 Å². The third-order valence-electron chi connectivity index (χ3n) is 3.51. The molecule has 16 heavy (non-hydrogen) atoms. The predicted octanol–water partition coefficient (Wildman–Crippen LogP) is 2.44. The molecule has 0 atom stereocenters. The molecule has 4 heteroatoms. The zero-order valence-electron chi connectivity index (χ0n) is 8.97. The second-order valence-corrected chi connectivity index (χ2v) is 4.48. The third-order valence-corrected chi connectivity index (χ3v) is 3.51. The smallest absolute Gasteiger partial charge is 0.133 e. The van der Waals surface area contributed by atoms with Crippen molar-refractivity contribution in [3.05, 3.63) is 29.3 Å². The lowest BCUT2D eigenvalue weighted by molar-refractivity contribution is 0.392. The Morgan fingerprint density at radius 2 is 1.69 bits per heavy atom. The van der Waals surface area contributed by atoms with Gasteiger partial charge in [-0.15, -0.1) is 0 Å². The minimum absolute atomic E-state index is 0.0466. The van der Waals surface area contributed by atoms with Crippen LogP contribution >= 0.6 is 0 Å². The molecule has 1 aromatic carbocycles. The normalized spacial score (nSPS) is 18.9. The van der Waals surface area contributed by atoms with E-state index in [4.69, 9.17) is 10.8 Å². The second-order valence-electron chi connectivity index (χ2n) is 4.48. The number of nitrogens with two attached hydrogens (primary N) is 1. The van der Waals surface area contributed by atoms with Crippen LogP contribution in [0.4, 0.5) is 8.78 Å². The highest BCUT2D eigenvalue weighted by atomic mass is 19.1. The van der Waals surface area contributed by atoms with Gasteiger partial charge >= 0.3 is 0 Å². The van der Waals surface area contributed by atoms with Gasteiger partial charge in [0.15, 0.2) is 0 Å². The van der Waals surface area contributed by atoms with E-state index in [2.05, 4.69) is 0 Å². The predicted molar refractivity (Wildman–Crippen MR) is 57.2 cm³/mol. The van der Waals surface area contributed by atoms with Gasteiger partial charge in [-0.25, -0.2) is 8.78 Å². The van der Waals surface area contributed by atoms with Gasteiger partial charge in [0.1, 0.15) is 17.4 Å². The molecule has 2 rings (SSSR count). The van der Waals surface area contributed by atoms with Gasteiger partial charge in [0.25, 0.3) is 0 Å². The van der Waals surface area contributed by atoms with Crippen molar-refractivity contribution in [2.24, 2.45) is 5.73 Å². The van der Waals surface area contributed by atoms with Crippen LogP contribution in [0.2, 0.25) is 0 Å². The summed E-state index contributed by atoms with van der Waals surface area (Å²) in [6.45, 7) is 0.242. The maximum atomic E-state index is 13.7. The Labute approximate surface area is 93.1 Å². The zero-order valence-corrected chi connectivity index (χ0v) is 8.97. The number of phenolic OH excluding ortho intramolecular Hbond substituents is 1. The molecule has 2 nitrogen and oxygen atoms in total. The molecular formula is C12H15F2NO. The Balaban J connectivity index is 2.54. The molecule has 0 aromatic heterocycles. The van der Waals surface area contributed by atoms with E-state index in [1.165, 1.54) is 0 Å². The highest BCUT2D eigenvalue weighted by molar-refractivity contribution is 5.36. The van der Waals surface area contributed by atoms with E-state index in [1.54, 1.807) is 0 Å². The number of benzene rings is 1. The zero-order chi connectivity index (χ0) is 11.8. The molecule has 0 spiro atoms. The third kappa shape index (κ3) is 1.67. The summed E-state index contributed by atoms with van der Waals surface area (Å²) in [6.07, 6.45) is 3.30. The molecule has 1 aliphatic rings. The van der Waals surface area contributed by atoms with E-state index in [1.807, 2.05) is 0 Å². The molecule has 0 saturated heterocycles. The summed E-state index contributed by atoms with van der Waals surface area (Å²) in [5, 5.41) is 9.11. The summed E-state index contributed by atoms with van der Waals surface area (Å²) >= 11 is 0. The van der Waals surface area contributed by atoms with Gasteiger partial charge in [0.2, 0.25) is 0 Å². The first kappa shape index (κ1) is 11.3. The van der Waals surface area contributed by atoms with Gasteiger partial charge < -0.3 is 10.8 Å². The molecule has 0 heterocycles. The summed E-state index contributed by atoms with van der Waals surface area (Å²) in [7, 11) is 0. The molecule has 0 amide bonds. The van der Waals surface area contributed by atoms with E-state index >= 15 is 0 Å². The van der Waals surface area contributed by atoms with Crippen molar-refractivity contribution in [2.45, 2.75) is 31.1 Å². The van der Waals surface area contributed by atoms with Crippen molar-refractivity contribution in [3.63, 3.8) is 0 Å². The van der Waals surface area contributed by atoms with Gasteiger partial charge in [-0.3, -0.25) is 0 Å². The summed E-state index contributed by atoms with van der Waals surface area (Å²) in [4.78, 5) is 0. The summed E-state index contributed by atoms with van der Waals surface area (Å²) in [5.74, 6) is -1.77. The Hall–Kier alpha value is -1.16. The monoisotopic (exact) mass is 227 g/mol. The van der Waals surface area contributed by atoms with Gasteiger partial charge in [-0.1, -0.05) is 12.8 Å². The van der Waals surface area contributed by atoms with Crippen molar-refractivity contribution >= 4 is 0 Å². The van der Waals surface area contributed by atoms with Crippen LogP contribution in [-0.2, 0) is 5.41 Å². The van der Waals surface area contributed by atoms with Gasteiger partial charge in [-0.2, -0.15) is 0 Å². The minimum atomic E-state index is -0.690. The van der Waals surface area contributed by atoms with E-state index in [0.29, 0.717) is 12.8 Å². The van der Waals surface area contributed by atoms with Crippen molar-refractivity contribution in [1.82, 2.24) is 0 Å². The average Bonchev–Trinajstić information content (AvgIpc) is 2.66. The van der Waals surface area contributed by atoms with Crippen LogP contribution in [0.15, 0.2) is 12.1 Å². The molecule has 1 aliphatic carbocycles. The van der Waals surface area contributed by atoms with Crippen LogP contribution in [0.3, 0.4) is 0 Å². The fourth-order valence-corrected chi connectivity index (χ4v) is 2.67. The number of hydrogen-bond donors (Lipinski definition) is 2. The first-order valence-electron chi connectivity index (χ1n) is 5.48. The maximum Gasteiger partial charge on any atom is 0.133 e. The lowest BCUT2D eigenvalue weighted by atomic mass is 9.78. The van der Waals surface area contributed by atoms with Crippen LogP contribution in [0, 0.1) is 11.6 Å². The Morgan fingerprint density at radius 1 is 1.19 bits per heavy atom. The molecule has 1 saturated carbocycles. The van der Waals surface area contributed by atoms with E-state index in [9.17, 15) is 8.78 Å². The quantitative estimate of drug-likeness (QED) is 0.815. The highest BCUT2D eigenvalue weighted by Gasteiger charge is 2.38. The van der Waals surface area contributed by atoms with Crippen LogP contribution in [-0.4, -0.2) is 11.7 Å². The summed E-state index contributed by atoms with van der Waals surface area (Å²) in [6, 6.07) is 1.91. The molecule has 88 valence electrons. The molecule has 0 unspecified atom stereocenters. The number of rotatable bonds is 2. The number of phenols is 1. The first-order chi connectivity index (χ1) is 7.59. The van der Waals surface area contributed by atoms with Crippen LogP contribution in [0.25, 0.3) is 0 Å². The standard InChI is InChI=1S/C12H15F2NO/c13-9-5-8(16)6-10(14)11(9)12(7-15)3-1-2-4-12/h5-6,16H,1-4,7,15H2. The van der Waals surface area contributed by atoms with E-state index < -0.39 is 17.0 Å². The van der Waals surface area contributed by atoms with Crippen molar-refractivity contribution in [2.75, 3.05) is 6.54 Å². The first-order valence-corrected chi connectivity index (χ1v) is 5.48. The van der Waals surface area contributed by atoms with E-state index in [-0.39, 0.29) is 17.9 Å². The molecule has 1 fully saturated rings. The Morgan fingerprint density at radius 3 is 2.12 bits per heavy atom. The molecule has 0 bridgehead atoms. The minimum Gasteiger partial charge on any atom is -0.508 e. The van der Waals surface area contributed by atoms with Crippen molar-refractivity contribution in [1.29, 1.82) is 0 Å². The lowest BCUT2D eigenvalue weighted by Gasteiger charge is -2.28. The van der Waals surface area contributed by atoms with Crippen LogP contribution < -0.4 is 5.73 Å². The Bertz CT molecular complexity index is 377. The lowest BCUT2D eigenvalue weighted by Crippen LogP contribution is -2.34. The topological polar surface area (TPSA) is 46.2 Å². The molecule has 1 aromatic rings. The molecule has 3 N–H and O–H groups in total.